The molecule has 2 heterocycles. The van der Waals surface area contributed by atoms with E-state index < -0.39 is 0 Å². The van der Waals surface area contributed by atoms with E-state index in [9.17, 15) is 4.79 Å². The smallest absolute Gasteiger partial charge is 0.226 e. The minimum atomic E-state index is 0.312. The van der Waals surface area contributed by atoms with Crippen molar-refractivity contribution in [1.82, 2.24) is 10.2 Å². The van der Waals surface area contributed by atoms with E-state index >= 15 is 0 Å². The number of carbonyl (C=O) groups is 1. The fourth-order valence-corrected chi connectivity index (χ4v) is 3.19. The summed E-state index contributed by atoms with van der Waals surface area (Å²) in [5.74, 6) is 0.312. The molecule has 0 radical (unpaired) electrons. The molecule has 2 aliphatic rings. The molecule has 1 aromatic rings. The molecule has 0 spiro atoms. The van der Waals surface area contributed by atoms with Gasteiger partial charge in [0.15, 0.2) is 0 Å². The Kier molecular flexibility index (Phi) is 3.83. The fourth-order valence-electron chi connectivity index (χ4n) is 3.19. The van der Waals surface area contributed by atoms with Crippen molar-refractivity contribution in [2.75, 3.05) is 19.6 Å². The molecule has 0 atom stereocenters. The second-order valence-corrected chi connectivity index (χ2v) is 5.60. The summed E-state index contributed by atoms with van der Waals surface area (Å²) in [7, 11) is 0. The van der Waals surface area contributed by atoms with Crippen LogP contribution in [0.3, 0.4) is 0 Å². The zero-order valence-corrected chi connectivity index (χ0v) is 11.5. The molecule has 1 fully saturated rings. The second kappa shape index (κ2) is 5.74. The van der Waals surface area contributed by atoms with Crippen molar-refractivity contribution in [1.29, 1.82) is 0 Å². The Labute approximate surface area is 115 Å². The van der Waals surface area contributed by atoms with Crippen molar-refractivity contribution in [3.8, 4) is 0 Å². The van der Waals surface area contributed by atoms with Gasteiger partial charge in [0.2, 0.25) is 5.91 Å². The van der Waals surface area contributed by atoms with Crippen LogP contribution in [0.25, 0.3) is 0 Å². The van der Waals surface area contributed by atoms with Gasteiger partial charge in [-0.05, 0) is 48.9 Å². The maximum Gasteiger partial charge on any atom is 0.226 e. The van der Waals surface area contributed by atoms with E-state index in [1.807, 2.05) is 4.90 Å². The summed E-state index contributed by atoms with van der Waals surface area (Å²) in [4.78, 5) is 14.4. The van der Waals surface area contributed by atoms with Gasteiger partial charge in [-0.25, -0.2) is 0 Å². The first kappa shape index (κ1) is 12.7. The summed E-state index contributed by atoms with van der Waals surface area (Å²) >= 11 is 0. The molecule has 102 valence electrons. The Morgan fingerprint density at radius 2 is 2.05 bits per heavy atom. The molecule has 2 aliphatic heterocycles. The second-order valence-electron chi connectivity index (χ2n) is 5.60. The van der Waals surface area contributed by atoms with Gasteiger partial charge in [-0.15, -0.1) is 0 Å². The predicted octanol–water partition coefficient (Wildman–Crippen LogP) is 1.89. The van der Waals surface area contributed by atoms with Gasteiger partial charge in [0.25, 0.3) is 0 Å². The molecule has 3 rings (SSSR count). The van der Waals surface area contributed by atoms with Crippen molar-refractivity contribution in [2.24, 2.45) is 0 Å². The van der Waals surface area contributed by atoms with Crippen molar-refractivity contribution < 1.29 is 4.79 Å². The lowest BCUT2D eigenvalue weighted by Crippen LogP contribution is -2.37. The molecule has 1 amide bonds. The third-order valence-corrected chi connectivity index (χ3v) is 4.29. The van der Waals surface area contributed by atoms with Crippen LogP contribution in [0.5, 0.6) is 0 Å². The Morgan fingerprint density at radius 3 is 2.89 bits per heavy atom. The summed E-state index contributed by atoms with van der Waals surface area (Å²) in [6, 6.07) is 6.40. The summed E-state index contributed by atoms with van der Waals surface area (Å²) in [6.45, 7) is 3.88. The fraction of sp³-hybridized carbons (Fsp3) is 0.562. The van der Waals surface area contributed by atoms with E-state index in [0.29, 0.717) is 12.3 Å². The minimum Gasteiger partial charge on any atom is -0.342 e. The van der Waals surface area contributed by atoms with Gasteiger partial charge in [0, 0.05) is 19.6 Å². The van der Waals surface area contributed by atoms with E-state index in [1.54, 1.807) is 0 Å². The number of benzene rings is 1. The van der Waals surface area contributed by atoms with Crippen LogP contribution in [0, 0.1) is 0 Å². The third kappa shape index (κ3) is 2.81. The number of nitrogens with zero attached hydrogens (tertiary/aromatic N) is 1. The summed E-state index contributed by atoms with van der Waals surface area (Å²) in [5.41, 5.74) is 4.02. The first-order chi connectivity index (χ1) is 9.34. The van der Waals surface area contributed by atoms with Gasteiger partial charge in [0.1, 0.15) is 0 Å². The van der Waals surface area contributed by atoms with Gasteiger partial charge in [-0.2, -0.15) is 0 Å². The molecule has 3 nitrogen and oxygen atoms in total. The molecule has 1 N–H and O–H groups in total. The van der Waals surface area contributed by atoms with Crippen molar-refractivity contribution in [3.63, 3.8) is 0 Å². The molecule has 3 heteroatoms. The topological polar surface area (TPSA) is 32.3 Å². The zero-order valence-electron chi connectivity index (χ0n) is 11.5. The summed E-state index contributed by atoms with van der Waals surface area (Å²) in [6.07, 6.45) is 5.25. The molecule has 0 saturated carbocycles. The highest BCUT2D eigenvalue weighted by atomic mass is 16.2. The molecule has 0 aromatic heterocycles. The minimum absolute atomic E-state index is 0.312. The van der Waals surface area contributed by atoms with Gasteiger partial charge >= 0.3 is 0 Å². The molecular weight excluding hydrogens is 236 g/mol. The predicted molar refractivity (Wildman–Crippen MR) is 76.0 cm³/mol. The van der Waals surface area contributed by atoms with Crippen molar-refractivity contribution >= 4 is 5.91 Å². The van der Waals surface area contributed by atoms with Gasteiger partial charge in [0.05, 0.1) is 6.42 Å². The monoisotopic (exact) mass is 258 g/mol. The summed E-state index contributed by atoms with van der Waals surface area (Å²) in [5, 5.41) is 3.39. The molecule has 0 aliphatic carbocycles. The third-order valence-electron chi connectivity index (χ3n) is 4.29. The largest absolute Gasteiger partial charge is 0.342 e. The summed E-state index contributed by atoms with van der Waals surface area (Å²) < 4.78 is 0. The van der Waals surface area contributed by atoms with Crippen LogP contribution < -0.4 is 5.32 Å². The first-order valence-electron chi connectivity index (χ1n) is 7.43. The lowest BCUT2D eigenvalue weighted by atomic mass is 9.93. The van der Waals surface area contributed by atoms with E-state index in [-0.39, 0.29) is 0 Å². The van der Waals surface area contributed by atoms with E-state index in [4.69, 9.17) is 0 Å². The quantitative estimate of drug-likeness (QED) is 0.878. The van der Waals surface area contributed by atoms with E-state index in [0.717, 1.165) is 32.6 Å². The maximum absolute atomic E-state index is 12.4. The Balaban J connectivity index is 1.74. The average molecular weight is 258 g/mol. The van der Waals surface area contributed by atoms with Gasteiger partial charge in [-0.1, -0.05) is 18.2 Å². The normalized spacial score (nSPS) is 19.1. The highest BCUT2D eigenvalue weighted by Gasteiger charge is 2.19. The standard InChI is InChI=1S/C16H22N2O/c19-16(18-9-2-1-3-10-18)11-13-5-4-6-14-12-17-8-7-15(13)14/h4-6,17H,1-3,7-12H2. The van der Waals surface area contributed by atoms with Crippen LogP contribution in [0.15, 0.2) is 18.2 Å². The number of amides is 1. The van der Waals surface area contributed by atoms with Crippen LogP contribution >= 0.6 is 0 Å². The number of carbonyl (C=O) groups excluding carboxylic acids is 1. The van der Waals surface area contributed by atoms with Crippen molar-refractivity contribution in [2.45, 2.75) is 38.6 Å². The zero-order chi connectivity index (χ0) is 13.1. The van der Waals surface area contributed by atoms with Gasteiger partial charge in [-0.3, -0.25) is 4.79 Å². The van der Waals surface area contributed by atoms with E-state index in [2.05, 4.69) is 23.5 Å². The highest BCUT2D eigenvalue weighted by Crippen LogP contribution is 2.20. The van der Waals surface area contributed by atoms with Gasteiger partial charge < -0.3 is 10.2 Å². The number of hydrogen-bond acceptors (Lipinski definition) is 2. The van der Waals surface area contributed by atoms with E-state index in [1.165, 1.54) is 36.0 Å². The molecule has 0 bridgehead atoms. The molecule has 1 saturated heterocycles. The molecular formula is C16H22N2O. The van der Waals surface area contributed by atoms with Crippen LogP contribution in [-0.4, -0.2) is 30.4 Å². The van der Waals surface area contributed by atoms with Crippen LogP contribution in [0.4, 0.5) is 0 Å². The Hall–Kier alpha value is -1.35. The lowest BCUT2D eigenvalue weighted by molar-refractivity contribution is -0.131. The lowest BCUT2D eigenvalue weighted by Gasteiger charge is -2.27. The maximum atomic E-state index is 12.4. The number of fused-ring (bicyclic) bond motifs is 1. The number of likely N-dealkylation sites (tertiary alicyclic amines) is 1. The number of nitrogens with one attached hydrogen (secondary N) is 1. The van der Waals surface area contributed by atoms with Crippen LogP contribution in [-0.2, 0) is 24.2 Å². The molecule has 0 unspecified atom stereocenters. The highest BCUT2D eigenvalue weighted by molar-refractivity contribution is 5.79. The molecule has 19 heavy (non-hydrogen) atoms. The average Bonchev–Trinajstić information content (AvgIpc) is 2.48. The number of piperidine rings is 1. The first-order valence-corrected chi connectivity index (χ1v) is 7.43. The Morgan fingerprint density at radius 1 is 1.21 bits per heavy atom. The van der Waals surface area contributed by atoms with Crippen molar-refractivity contribution in [3.05, 3.63) is 34.9 Å². The van der Waals surface area contributed by atoms with Crippen LogP contribution in [0.2, 0.25) is 0 Å². The Bertz CT molecular complexity index is 464. The number of hydrogen-bond donors (Lipinski definition) is 1. The van der Waals surface area contributed by atoms with Crippen LogP contribution in [0.1, 0.15) is 36.0 Å². The molecule has 1 aromatic carbocycles. The number of rotatable bonds is 2. The SMILES string of the molecule is O=C(Cc1cccc2c1CCNC2)N1CCCCC1.